The lowest BCUT2D eigenvalue weighted by Crippen LogP contribution is -2.29. The number of rotatable bonds is 6. The highest BCUT2D eigenvalue weighted by Crippen LogP contribution is 2.26. The van der Waals surface area contributed by atoms with Gasteiger partial charge >= 0.3 is 0 Å². The van der Waals surface area contributed by atoms with E-state index in [0.29, 0.717) is 15.6 Å². The van der Waals surface area contributed by atoms with Crippen LogP contribution in [0.15, 0.2) is 29.2 Å². The SMILES string of the molecule is Cc1cc(C)c(C)c(S(=O)(=O)NCCC(=O)Nc2cccc(Cl)c2C)c1C. The van der Waals surface area contributed by atoms with Crippen LogP contribution in [0.5, 0.6) is 0 Å². The largest absolute Gasteiger partial charge is 0.326 e. The van der Waals surface area contributed by atoms with E-state index in [1.54, 1.807) is 32.0 Å². The van der Waals surface area contributed by atoms with Crippen molar-refractivity contribution in [1.29, 1.82) is 0 Å². The minimum Gasteiger partial charge on any atom is -0.326 e. The Labute approximate surface area is 166 Å². The maximum absolute atomic E-state index is 12.8. The summed E-state index contributed by atoms with van der Waals surface area (Å²) in [6.45, 7) is 9.20. The van der Waals surface area contributed by atoms with Crippen molar-refractivity contribution in [2.45, 2.75) is 45.9 Å². The molecule has 0 aliphatic rings. The number of benzene rings is 2. The average Bonchev–Trinajstić information content (AvgIpc) is 2.57. The van der Waals surface area contributed by atoms with E-state index in [4.69, 9.17) is 11.6 Å². The summed E-state index contributed by atoms with van der Waals surface area (Å²) in [5.74, 6) is -0.281. The molecule has 0 saturated heterocycles. The fourth-order valence-corrected chi connectivity index (χ4v) is 4.73. The first kappa shape index (κ1) is 21.4. The van der Waals surface area contributed by atoms with Crippen LogP contribution in [0.3, 0.4) is 0 Å². The van der Waals surface area contributed by atoms with Gasteiger partial charge in [0, 0.05) is 23.7 Å². The molecule has 146 valence electrons. The summed E-state index contributed by atoms with van der Waals surface area (Å²) in [6, 6.07) is 7.23. The Balaban J connectivity index is 2.06. The number of carbonyl (C=O) groups excluding carboxylic acids is 1. The minimum absolute atomic E-state index is 0.0135. The first-order valence-electron chi connectivity index (χ1n) is 8.66. The number of carbonyl (C=O) groups is 1. The molecule has 2 aromatic carbocycles. The molecule has 0 radical (unpaired) electrons. The number of hydrogen-bond acceptors (Lipinski definition) is 3. The summed E-state index contributed by atoms with van der Waals surface area (Å²) in [5.41, 5.74) is 4.69. The molecule has 0 atom stereocenters. The number of anilines is 1. The van der Waals surface area contributed by atoms with Gasteiger partial charge in [0.05, 0.1) is 4.90 Å². The smallest absolute Gasteiger partial charge is 0.241 e. The molecule has 0 heterocycles. The highest BCUT2D eigenvalue weighted by molar-refractivity contribution is 7.89. The predicted octanol–water partition coefficient (Wildman–Crippen LogP) is 4.19. The zero-order valence-corrected chi connectivity index (χ0v) is 17.8. The molecule has 0 saturated carbocycles. The van der Waals surface area contributed by atoms with E-state index in [0.717, 1.165) is 27.8 Å². The molecule has 5 nitrogen and oxygen atoms in total. The van der Waals surface area contributed by atoms with E-state index in [2.05, 4.69) is 10.0 Å². The molecule has 2 N–H and O–H groups in total. The summed E-state index contributed by atoms with van der Waals surface area (Å²) in [7, 11) is -3.70. The predicted molar refractivity (Wildman–Crippen MR) is 110 cm³/mol. The Morgan fingerprint density at radius 3 is 2.19 bits per heavy atom. The Morgan fingerprint density at radius 2 is 1.59 bits per heavy atom. The molecule has 2 rings (SSSR count). The van der Waals surface area contributed by atoms with Crippen LogP contribution in [0.2, 0.25) is 5.02 Å². The van der Waals surface area contributed by atoms with Crippen LogP contribution < -0.4 is 10.0 Å². The maximum atomic E-state index is 12.8. The quantitative estimate of drug-likeness (QED) is 0.752. The Kier molecular flexibility index (Phi) is 6.68. The number of halogens is 1. The molecule has 0 bridgehead atoms. The highest BCUT2D eigenvalue weighted by Gasteiger charge is 2.22. The molecule has 7 heteroatoms. The van der Waals surface area contributed by atoms with Crippen molar-refractivity contribution in [2.24, 2.45) is 0 Å². The number of amides is 1. The molecule has 27 heavy (non-hydrogen) atoms. The lowest BCUT2D eigenvalue weighted by atomic mass is 10.0. The zero-order valence-electron chi connectivity index (χ0n) is 16.2. The summed E-state index contributed by atoms with van der Waals surface area (Å²) in [4.78, 5) is 12.4. The van der Waals surface area contributed by atoms with Gasteiger partial charge in [0.2, 0.25) is 15.9 Å². The second-order valence-electron chi connectivity index (χ2n) is 6.70. The minimum atomic E-state index is -3.70. The van der Waals surface area contributed by atoms with E-state index >= 15 is 0 Å². The van der Waals surface area contributed by atoms with Crippen LogP contribution in [0, 0.1) is 34.6 Å². The van der Waals surface area contributed by atoms with Crippen LogP contribution in [0.4, 0.5) is 5.69 Å². The molecular weight excluding hydrogens is 384 g/mol. The van der Waals surface area contributed by atoms with E-state index in [-0.39, 0.29) is 18.9 Å². The van der Waals surface area contributed by atoms with Gasteiger partial charge in [-0.15, -0.1) is 0 Å². The Bertz CT molecular complexity index is 959. The van der Waals surface area contributed by atoms with Crippen molar-refractivity contribution < 1.29 is 13.2 Å². The molecule has 1 amide bonds. The average molecular weight is 409 g/mol. The molecule has 0 aromatic heterocycles. The fourth-order valence-electron chi connectivity index (χ4n) is 2.91. The topological polar surface area (TPSA) is 75.3 Å². The van der Waals surface area contributed by atoms with Crippen molar-refractivity contribution in [3.05, 3.63) is 57.1 Å². The van der Waals surface area contributed by atoms with Crippen LogP contribution in [0.25, 0.3) is 0 Å². The second kappa shape index (κ2) is 8.42. The van der Waals surface area contributed by atoms with Gasteiger partial charge < -0.3 is 5.32 Å². The van der Waals surface area contributed by atoms with Gasteiger partial charge in [-0.1, -0.05) is 23.7 Å². The summed E-state index contributed by atoms with van der Waals surface area (Å²) in [5, 5.41) is 3.32. The molecule has 0 aliphatic carbocycles. The summed E-state index contributed by atoms with van der Waals surface area (Å²) in [6.07, 6.45) is 0.0219. The number of sulfonamides is 1. The van der Waals surface area contributed by atoms with Crippen LogP contribution in [-0.4, -0.2) is 20.9 Å². The third-order valence-electron chi connectivity index (χ3n) is 4.75. The van der Waals surface area contributed by atoms with Gasteiger partial charge in [-0.3, -0.25) is 4.79 Å². The summed E-state index contributed by atoms with van der Waals surface area (Å²) >= 11 is 6.04. The zero-order chi connectivity index (χ0) is 20.4. The van der Waals surface area contributed by atoms with Gasteiger partial charge in [-0.2, -0.15) is 0 Å². The molecule has 0 aliphatic heterocycles. The van der Waals surface area contributed by atoms with E-state index in [1.807, 2.05) is 26.8 Å². The van der Waals surface area contributed by atoms with Crippen LogP contribution in [-0.2, 0) is 14.8 Å². The highest BCUT2D eigenvalue weighted by atomic mass is 35.5. The van der Waals surface area contributed by atoms with Gasteiger partial charge in [0.1, 0.15) is 0 Å². The first-order valence-corrected chi connectivity index (χ1v) is 10.5. The van der Waals surface area contributed by atoms with Crippen molar-refractivity contribution in [3.8, 4) is 0 Å². The lowest BCUT2D eigenvalue weighted by molar-refractivity contribution is -0.116. The Morgan fingerprint density at radius 1 is 1.00 bits per heavy atom. The molecule has 0 spiro atoms. The molecular formula is C20H25ClN2O3S. The third kappa shape index (κ3) is 4.89. The number of nitrogens with one attached hydrogen (secondary N) is 2. The summed E-state index contributed by atoms with van der Waals surface area (Å²) < 4.78 is 28.1. The lowest BCUT2D eigenvalue weighted by Gasteiger charge is -2.16. The number of aryl methyl sites for hydroxylation is 2. The molecule has 0 fully saturated rings. The van der Waals surface area contributed by atoms with Crippen molar-refractivity contribution in [2.75, 3.05) is 11.9 Å². The fraction of sp³-hybridized carbons (Fsp3) is 0.350. The third-order valence-corrected chi connectivity index (χ3v) is 6.90. The first-order chi connectivity index (χ1) is 12.5. The van der Waals surface area contributed by atoms with Crippen molar-refractivity contribution >= 4 is 33.2 Å². The Hall–Kier alpha value is -1.89. The van der Waals surface area contributed by atoms with Gasteiger partial charge in [-0.25, -0.2) is 13.1 Å². The molecule has 0 unspecified atom stereocenters. The van der Waals surface area contributed by atoms with Crippen LogP contribution >= 0.6 is 11.6 Å². The van der Waals surface area contributed by atoms with Crippen molar-refractivity contribution in [1.82, 2.24) is 4.72 Å². The normalized spacial score (nSPS) is 11.5. The van der Waals surface area contributed by atoms with Crippen molar-refractivity contribution in [3.63, 3.8) is 0 Å². The van der Waals surface area contributed by atoms with Gasteiger partial charge in [0.15, 0.2) is 0 Å². The van der Waals surface area contributed by atoms with E-state index in [9.17, 15) is 13.2 Å². The standard InChI is InChI=1S/C20H25ClN2O3S/c1-12-11-13(2)15(4)20(14(12)3)27(25,26)22-10-9-19(24)23-18-8-6-7-17(21)16(18)5/h6-8,11,22H,9-10H2,1-5H3,(H,23,24). The molecule has 2 aromatic rings. The number of hydrogen-bond donors (Lipinski definition) is 2. The second-order valence-corrected chi connectivity index (χ2v) is 8.81. The van der Waals surface area contributed by atoms with Crippen LogP contribution in [0.1, 0.15) is 34.2 Å². The van der Waals surface area contributed by atoms with E-state index in [1.165, 1.54) is 0 Å². The van der Waals surface area contributed by atoms with Gasteiger partial charge in [0.25, 0.3) is 0 Å². The van der Waals surface area contributed by atoms with E-state index < -0.39 is 10.0 Å². The van der Waals surface area contributed by atoms with Gasteiger partial charge in [-0.05, 0) is 74.6 Å². The monoisotopic (exact) mass is 408 g/mol. The maximum Gasteiger partial charge on any atom is 0.241 e.